The minimum Gasteiger partial charge on any atom is -0.481 e. The Bertz CT molecular complexity index is 1160. The number of aliphatic carboxylic acids is 2. The summed E-state index contributed by atoms with van der Waals surface area (Å²) in [5.74, 6) is -6.23. The van der Waals surface area contributed by atoms with E-state index in [0.29, 0.717) is 0 Å². The first kappa shape index (κ1) is 48.0. The van der Waals surface area contributed by atoms with Crippen LogP contribution in [0.25, 0.3) is 0 Å². The van der Waals surface area contributed by atoms with E-state index in [1.807, 2.05) is 0 Å². The van der Waals surface area contributed by atoms with Crippen molar-refractivity contribution in [3.05, 3.63) is 0 Å². The van der Waals surface area contributed by atoms with Gasteiger partial charge >= 0.3 is 11.9 Å². The second-order valence-electron chi connectivity index (χ2n) is 11.5. The number of carboxylic acid groups (broad SMARTS) is 2. The van der Waals surface area contributed by atoms with Crippen molar-refractivity contribution < 1.29 is 73.7 Å². The highest BCUT2D eigenvalue weighted by molar-refractivity contribution is 8.00. The molecule has 0 heterocycles. The van der Waals surface area contributed by atoms with E-state index in [1.165, 1.54) is 14.0 Å². The maximum atomic E-state index is 12.2. The molecule has 51 heavy (non-hydrogen) atoms. The highest BCUT2D eigenvalue weighted by Crippen LogP contribution is 2.16. The van der Waals surface area contributed by atoms with Gasteiger partial charge in [0.05, 0.1) is 30.6 Å². The number of Topliss-reactive ketones (excluding diaryl/α,β-unsaturated/α-hetero) is 4. The molecule has 0 aromatic heterocycles. The zero-order valence-electron chi connectivity index (χ0n) is 28.7. The number of ether oxygens (including phenoxy) is 1. The Balaban J connectivity index is 4.34. The smallest absolute Gasteiger partial charge is 0.321 e. The Morgan fingerprint density at radius 1 is 0.686 bits per heavy atom. The van der Waals surface area contributed by atoms with E-state index in [0.717, 1.165) is 23.5 Å². The van der Waals surface area contributed by atoms with Crippen molar-refractivity contribution in [2.75, 3.05) is 56.4 Å². The van der Waals surface area contributed by atoms with Gasteiger partial charge in [-0.25, -0.2) is 0 Å². The zero-order valence-corrected chi connectivity index (χ0v) is 30.4. The van der Waals surface area contributed by atoms with Crippen LogP contribution in [0.1, 0.15) is 51.9 Å². The highest BCUT2D eigenvalue weighted by atomic mass is 32.2. The molecule has 0 aliphatic heterocycles. The van der Waals surface area contributed by atoms with E-state index in [-0.39, 0.29) is 112 Å². The Kier molecular flexibility index (Phi) is 26.0. The largest absolute Gasteiger partial charge is 0.481 e. The van der Waals surface area contributed by atoms with Crippen LogP contribution in [0.3, 0.4) is 0 Å². The van der Waals surface area contributed by atoms with Gasteiger partial charge in [0.2, 0.25) is 5.91 Å². The van der Waals surface area contributed by atoms with Gasteiger partial charge in [-0.15, -0.1) is 11.8 Å². The monoisotopic (exact) mass is 769 g/mol. The quantitative estimate of drug-likeness (QED) is 0.0321. The molecule has 2 unspecified atom stereocenters. The standard InChI is InChI=1S/C31H51N3O15S2/c1-18(35)7-11-49-12-8-20(36)13-19(30(45)46)14-50-15-21(37)5-3-10-34-29(44)28(43)27(42)26(41)25(40)23(38)6-4-9-33-24(39)17-51-16-22(32-2)31(47)48/h19,22,25-28,32,40-43H,3-17H2,1-2H3,(H,33,39)(H,34,44)(H,45,46)(H,47,48)/t19?,22?,25-,26+,27+,28-/m0/s1. The van der Waals surface area contributed by atoms with Gasteiger partial charge in [-0.05, 0) is 26.8 Å². The number of thioether (sulfide) groups is 2. The van der Waals surface area contributed by atoms with Crippen LogP contribution in [0.2, 0.25) is 0 Å². The van der Waals surface area contributed by atoms with Gasteiger partial charge in [-0.1, -0.05) is 0 Å². The molecule has 0 saturated heterocycles. The van der Waals surface area contributed by atoms with Gasteiger partial charge in [-0.2, -0.15) is 11.8 Å². The summed E-state index contributed by atoms with van der Waals surface area (Å²) in [6.45, 7) is 1.58. The Labute approximate surface area is 304 Å². The van der Waals surface area contributed by atoms with E-state index in [1.54, 1.807) is 0 Å². The molecule has 0 fully saturated rings. The number of hydrogen-bond donors (Lipinski definition) is 9. The molecule has 6 atom stereocenters. The van der Waals surface area contributed by atoms with Gasteiger partial charge in [0.25, 0.3) is 5.91 Å². The number of likely N-dealkylation sites (N-methyl/N-ethyl adjacent to an activating group) is 1. The lowest BCUT2D eigenvalue weighted by Crippen LogP contribution is -2.52. The van der Waals surface area contributed by atoms with Crippen molar-refractivity contribution in [2.24, 2.45) is 5.92 Å². The molecule has 0 spiro atoms. The summed E-state index contributed by atoms with van der Waals surface area (Å²) in [6.07, 6.45) is -8.98. The molecule has 18 nitrogen and oxygen atoms in total. The third-order valence-corrected chi connectivity index (χ3v) is 9.34. The number of aliphatic hydroxyl groups is 4. The predicted molar refractivity (Wildman–Crippen MR) is 185 cm³/mol. The van der Waals surface area contributed by atoms with Gasteiger partial charge in [-0.3, -0.25) is 38.4 Å². The Morgan fingerprint density at radius 3 is 1.88 bits per heavy atom. The lowest BCUT2D eigenvalue weighted by molar-refractivity contribution is -0.154. The summed E-state index contributed by atoms with van der Waals surface area (Å²) in [6, 6.07) is -0.816. The van der Waals surface area contributed by atoms with Gasteiger partial charge in [0.1, 0.15) is 41.7 Å². The molecular weight excluding hydrogens is 718 g/mol. The van der Waals surface area contributed by atoms with E-state index >= 15 is 0 Å². The van der Waals surface area contributed by atoms with Gasteiger partial charge in [0, 0.05) is 56.7 Å². The number of carbonyl (C=O) groups is 8. The van der Waals surface area contributed by atoms with Crippen LogP contribution in [0, 0.1) is 5.92 Å². The van der Waals surface area contributed by atoms with Crippen molar-refractivity contribution in [1.82, 2.24) is 16.0 Å². The summed E-state index contributed by atoms with van der Waals surface area (Å²) in [5.41, 5.74) is 0. The third-order valence-electron chi connectivity index (χ3n) is 7.14. The Hall–Kier alpha value is -2.98. The minimum absolute atomic E-state index is 0.00196. The van der Waals surface area contributed by atoms with E-state index in [2.05, 4.69) is 16.0 Å². The van der Waals surface area contributed by atoms with Gasteiger partial charge < -0.3 is 51.3 Å². The van der Waals surface area contributed by atoms with Crippen LogP contribution >= 0.6 is 23.5 Å². The van der Waals surface area contributed by atoms with Crippen LogP contribution in [-0.2, 0) is 43.1 Å². The van der Waals surface area contributed by atoms with E-state index in [9.17, 15) is 63.9 Å². The second-order valence-corrected chi connectivity index (χ2v) is 13.6. The lowest BCUT2D eigenvalue weighted by Gasteiger charge is -2.25. The fraction of sp³-hybridized carbons (Fsp3) is 0.742. The Morgan fingerprint density at radius 2 is 1.27 bits per heavy atom. The van der Waals surface area contributed by atoms with Crippen molar-refractivity contribution in [3.63, 3.8) is 0 Å². The number of aliphatic hydroxyl groups excluding tert-OH is 4. The molecule has 0 radical (unpaired) electrons. The number of carbonyl (C=O) groups excluding carboxylic acids is 6. The topological polar surface area (TPSA) is 303 Å². The van der Waals surface area contributed by atoms with Crippen LogP contribution in [0.15, 0.2) is 0 Å². The number of nitrogens with one attached hydrogen (secondary N) is 3. The summed E-state index contributed by atoms with van der Waals surface area (Å²) in [4.78, 5) is 93.9. The molecule has 0 saturated carbocycles. The molecule has 9 N–H and O–H groups in total. The zero-order chi connectivity index (χ0) is 38.9. The van der Waals surface area contributed by atoms with Crippen LogP contribution in [0.5, 0.6) is 0 Å². The lowest BCUT2D eigenvalue weighted by atomic mass is 9.97. The molecule has 0 aromatic carbocycles. The first-order valence-corrected chi connectivity index (χ1v) is 18.5. The summed E-state index contributed by atoms with van der Waals surface area (Å²) in [7, 11) is 1.48. The highest BCUT2D eigenvalue weighted by Gasteiger charge is 2.37. The molecular formula is C31H51N3O15S2. The van der Waals surface area contributed by atoms with E-state index in [4.69, 9.17) is 9.84 Å². The molecule has 292 valence electrons. The molecule has 0 rings (SSSR count). The second kappa shape index (κ2) is 27.6. The van der Waals surface area contributed by atoms with Crippen LogP contribution in [0.4, 0.5) is 0 Å². The first-order chi connectivity index (χ1) is 24.0. The van der Waals surface area contributed by atoms with Crippen molar-refractivity contribution in [3.8, 4) is 0 Å². The van der Waals surface area contributed by atoms with Crippen LogP contribution < -0.4 is 16.0 Å². The summed E-state index contributed by atoms with van der Waals surface area (Å²) in [5, 5.41) is 66.2. The number of amides is 2. The first-order valence-electron chi connectivity index (χ1n) is 16.2. The SMILES string of the molecule is CNC(CSCC(=O)NCCCC(=O)[C@H](O)[C@@H](O)[C@@H](O)[C@H](O)C(=O)NCCCC(=O)CSCC(CC(=O)CCOCCC(C)=O)C(=O)O)C(=O)O. The molecule has 20 heteroatoms. The molecule has 0 aromatic rings. The summed E-state index contributed by atoms with van der Waals surface area (Å²) < 4.78 is 5.18. The van der Waals surface area contributed by atoms with Crippen molar-refractivity contribution >= 4 is 70.4 Å². The van der Waals surface area contributed by atoms with Crippen molar-refractivity contribution in [2.45, 2.75) is 82.3 Å². The van der Waals surface area contributed by atoms with E-state index < -0.39 is 65.9 Å². The molecule has 0 aliphatic rings. The molecule has 0 aliphatic carbocycles. The fourth-order valence-corrected chi connectivity index (χ4v) is 6.03. The number of rotatable bonds is 32. The molecule has 0 bridgehead atoms. The number of ketones is 4. The normalized spacial score (nSPS) is 14.7. The predicted octanol–water partition coefficient (Wildman–Crippen LogP) is -2.45. The number of carboxylic acids is 2. The minimum atomic E-state index is -2.24. The maximum absolute atomic E-state index is 12.2. The van der Waals surface area contributed by atoms with Crippen LogP contribution in [-0.4, -0.2) is 164 Å². The molecule has 2 amide bonds. The fourth-order valence-electron chi connectivity index (χ4n) is 4.04. The van der Waals surface area contributed by atoms with Crippen molar-refractivity contribution in [1.29, 1.82) is 0 Å². The number of hydrogen-bond acceptors (Lipinski definition) is 16. The van der Waals surface area contributed by atoms with Gasteiger partial charge in [0.15, 0.2) is 11.9 Å². The summed E-state index contributed by atoms with van der Waals surface area (Å²) >= 11 is 2.13. The maximum Gasteiger partial charge on any atom is 0.321 e. The third kappa shape index (κ3) is 22.5. The average molecular weight is 770 g/mol. The average Bonchev–Trinajstić information content (AvgIpc) is 3.07.